The highest BCUT2D eigenvalue weighted by molar-refractivity contribution is 5.42. The maximum absolute atomic E-state index is 8.99. The summed E-state index contributed by atoms with van der Waals surface area (Å²) in [6.07, 6.45) is 5.56. The molecule has 2 saturated carbocycles. The third-order valence-corrected chi connectivity index (χ3v) is 4.34. The molecule has 0 amide bonds. The maximum atomic E-state index is 8.99. The third kappa shape index (κ3) is 2.02. The molecule has 3 atom stereocenters. The summed E-state index contributed by atoms with van der Waals surface area (Å²) in [5.74, 6) is 3.31. The van der Waals surface area contributed by atoms with Gasteiger partial charge in [0.1, 0.15) is 11.8 Å². The molecule has 0 aromatic heterocycles. The van der Waals surface area contributed by atoms with Crippen molar-refractivity contribution in [1.29, 1.82) is 5.26 Å². The van der Waals surface area contributed by atoms with E-state index in [4.69, 9.17) is 10.00 Å². The zero-order valence-corrected chi connectivity index (χ0v) is 9.93. The minimum absolute atomic E-state index is 0.649. The molecular weight excluding hydrogens is 210 g/mol. The van der Waals surface area contributed by atoms with E-state index in [9.17, 15) is 0 Å². The lowest BCUT2D eigenvalue weighted by Gasteiger charge is -2.21. The van der Waals surface area contributed by atoms with Crippen LogP contribution in [0.2, 0.25) is 0 Å². The molecule has 88 valence electrons. The summed E-state index contributed by atoms with van der Waals surface area (Å²) in [4.78, 5) is 0. The average Bonchev–Trinajstić information content (AvgIpc) is 2.98. The van der Waals surface area contributed by atoms with Crippen LogP contribution < -0.4 is 4.74 Å². The highest BCUT2D eigenvalue weighted by atomic mass is 16.5. The van der Waals surface area contributed by atoms with Gasteiger partial charge in [0.15, 0.2) is 0 Å². The highest BCUT2D eigenvalue weighted by Gasteiger charge is 2.39. The SMILES string of the molecule is N#Cc1ccccc1OCC1CC2CCC1C2. The van der Waals surface area contributed by atoms with Crippen molar-refractivity contribution in [3.63, 3.8) is 0 Å². The number of hydrogen-bond donors (Lipinski definition) is 0. The Morgan fingerprint density at radius 3 is 2.82 bits per heavy atom. The van der Waals surface area contributed by atoms with Gasteiger partial charge in [-0.2, -0.15) is 5.26 Å². The van der Waals surface area contributed by atoms with Gasteiger partial charge in [0.25, 0.3) is 0 Å². The van der Waals surface area contributed by atoms with E-state index < -0.39 is 0 Å². The van der Waals surface area contributed by atoms with Crippen LogP contribution in [0.4, 0.5) is 0 Å². The normalized spacial score (nSPS) is 30.2. The molecule has 17 heavy (non-hydrogen) atoms. The van der Waals surface area contributed by atoms with Crippen LogP contribution in [-0.2, 0) is 0 Å². The van der Waals surface area contributed by atoms with Gasteiger partial charge in [0.05, 0.1) is 12.2 Å². The lowest BCUT2D eigenvalue weighted by molar-refractivity contribution is 0.195. The molecule has 3 rings (SSSR count). The van der Waals surface area contributed by atoms with Gasteiger partial charge in [0, 0.05) is 0 Å². The number of benzene rings is 1. The maximum Gasteiger partial charge on any atom is 0.137 e. The summed E-state index contributed by atoms with van der Waals surface area (Å²) in [6, 6.07) is 9.70. The number of fused-ring (bicyclic) bond motifs is 2. The number of para-hydroxylation sites is 1. The van der Waals surface area contributed by atoms with Crippen LogP contribution in [0.3, 0.4) is 0 Å². The fourth-order valence-electron chi connectivity index (χ4n) is 3.46. The van der Waals surface area contributed by atoms with Crippen molar-refractivity contribution in [2.45, 2.75) is 25.7 Å². The van der Waals surface area contributed by atoms with Crippen molar-refractivity contribution in [2.24, 2.45) is 17.8 Å². The van der Waals surface area contributed by atoms with Crippen LogP contribution in [0.25, 0.3) is 0 Å². The van der Waals surface area contributed by atoms with Crippen molar-refractivity contribution in [2.75, 3.05) is 6.61 Å². The van der Waals surface area contributed by atoms with Crippen LogP contribution in [0.1, 0.15) is 31.2 Å². The first-order valence-electron chi connectivity index (χ1n) is 6.48. The number of nitrogens with zero attached hydrogens (tertiary/aromatic N) is 1. The molecule has 0 saturated heterocycles. The molecule has 0 N–H and O–H groups in total. The molecule has 0 aliphatic heterocycles. The summed E-state index contributed by atoms with van der Waals surface area (Å²) in [6.45, 7) is 0.792. The second-order valence-electron chi connectivity index (χ2n) is 5.35. The number of ether oxygens (including phenoxy) is 1. The topological polar surface area (TPSA) is 33.0 Å². The predicted molar refractivity (Wildman–Crippen MR) is 65.6 cm³/mol. The number of nitriles is 1. The molecule has 0 heterocycles. The zero-order valence-electron chi connectivity index (χ0n) is 9.93. The molecule has 1 aromatic rings. The lowest BCUT2D eigenvalue weighted by atomic mass is 9.89. The molecule has 3 unspecified atom stereocenters. The molecule has 2 fully saturated rings. The summed E-state index contributed by atoms with van der Waals surface area (Å²) < 4.78 is 5.84. The highest BCUT2D eigenvalue weighted by Crippen LogP contribution is 2.48. The molecule has 2 aliphatic carbocycles. The Kier molecular flexibility index (Phi) is 2.76. The number of hydrogen-bond acceptors (Lipinski definition) is 2. The zero-order chi connectivity index (χ0) is 11.7. The first-order valence-corrected chi connectivity index (χ1v) is 6.48. The molecular formula is C15H17NO. The van der Waals surface area contributed by atoms with E-state index in [-0.39, 0.29) is 0 Å². The molecule has 0 spiro atoms. The second kappa shape index (κ2) is 4.41. The Hall–Kier alpha value is -1.49. The smallest absolute Gasteiger partial charge is 0.137 e. The fraction of sp³-hybridized carbons (Fsp3) is 0.533. The average molecular weight is 227 g/mol. The Balaban J connectivity index is 1.63. The van der Waals surface area contributed by atoms with E-state index in [2.05, 4.69) is 6.07 Å². The molecule has 0 radical (unpaired) electrons. The minimum atomic E-state index is 0.649. The van der Waals surface area contributed by atoms with Gasteiger partial charge < -0.3 is 4.74 Å². The largest absolute Gasteiger partial charge is 0.492 e. The van der Waals surface area contributed by atoms with Crippen LogP contribution in [-0.4, -0.2) is 6.61 Å². The number of rotatable bonds is 3. The van der Waals surface area contributed by atoms with Crippen LogP contribution >= 0.6 is 0 Å². The Bertz CT molecular complexity index is 448. The first-order chi connectivity index (χ1) is 8.36. The van der Waals surface area contributed by atoms with Crippen molar-refractivity contribution >= 4 is 0 Å². The van der Waals surface area contributed by atoms with Crippen molar-refractivity contribution in [3.8, 4) is 11.8 Å². The van der Waals surface area contributed by atoms with Gasteiger partial charge in [-0.1, -0.05) is 18.6 Å². The Morgan fingerprint density at radius 1 is 1.24 bits per heavy atom. The fourth-order valence-corrected chi connectivity index (χ4v) is 3.46. The van der Waals surface area contributed by atoms with E-state index in [1.165, 1.54) is 25.7 Å². The van der Waals surface area contributed by atoms with E-state index in [1.807, 2.05) is 24.3 Å². The van der Waals surface area contributed by atoms with Gasteiger partial charge in [-0.05, 0) is 49.1 Å². The summed E-state index contributed by atoms with van der Waals surface area (Å²) in [5, 5.41) is 8.99. The predicted octanol–water partition coefficient (Wildman–Crippen LogP) is 3.37. The molecule has 2 aliphatic rings. The minimum Gasteiger partial charge on any atom is -0.492 e. The third-order valence-electron chi connectivity index (χ3n) is 4.34. The first kappa shape index (κ1) is 10.7. The van der Waals surface area contributed by atoms with E-state index in [0.29, 0.717) is 5.56 Å². The van der Waals surface area contributed by atoms with Gasteiger partial charge >= 0.3 is 0 Å². The van der Waals surface area contributed by atoms with Crippen LogP contribution in [0.15, 0.2) is 24.3 Å². The van der Waals surface area contributed by atoms with Gasteiger partial charge in [-0.3, -0.25) is 0 Å². The monoisotopic (exact) mass is 227 g/mol. The van der Waals surface area contributed by atoms with E-state index in [1.54, 1.807) is 0 Å². The molecule has 2 heteroatoms. The Labute approximate surface area is 102 Å². The summed E-state index contributed by atoms with van der Waals surface area (Å²) in [5.41, 5.74) is 0.649. The van der Waals surface area contributed by atoms with Gasteiger partial charge in [-0.15, -0.1) is 0 Å². The van der Waals surface area contributed by atoms with Gasteiger partial charge in [-0.25, -0.2) is 0 Å². The van der Waals surface area contributed by atoms with Crippen molar-refractivity contribution in [1.82, 2.24) is 0 Å². The second-order valence-corrected chi connectivity index (χ2v) is 5.35. The van der Waals surface area contributed by atoms with Crippen LogP contribution in [0.5, 0.6) is 5.75 Å². The van der Waals surface area contributed by atoms with E-state index in [0.717, 1.165) is 30.1 Å². The molecule has 2 nitrogen and oxygen atoms in total. The quantitative estimate of drug-likeness (QED) is 0.793. The van der Waals surface area contributed by atoms with Crippen molar-refractivity contribution in [3.05, 3.63) is 29.8 Å². The van der Waals surface area contributed by atoms with Gasteiger partial charge in [0.2, 0.25) is 0 Å². The Morgan fingerprint density at radius 2 is 2.12 bits per heavy atom. The van der Waals surface area contributed by atoms with E-state index >= 15 is 0 Å². The molecule has 2 bridgehead atoms. The lowest BCUT2D eigenvalue weighted by Crippen LogP contribution is -2.18. The van der Waals surface area contributed by atoms with Crippen molar-refractivity contribution < 1.29 is 4.74 Å². The van der Waals surface area contributed by atoms with Crippen LogP contribution in [0, 0.1) is 29.1 Å². The standard InChI is InChI=1S/C15H17NO/c16-9-13-3-1-2-4-15(13)17-10-14-8-11-5-6-12(14)7-11/h1-4,11-12,14H,5-8,10H2. The summed E-state index contributed by atoms with van der Waals surface area (Å²) in [7, 11) is 0. The molecule has 1 aromatic carbocycles. The summed E-state index contributed by atoms with van der Waals surface area (Å²) >= 11 is 0.